The zero-order valence-electron chi connectivity index (χ0n) is 15.6. The van der Waals surface area contributed by atoms with Crippen LogP contribution in [0.5, 0.6) is 0 Å². The predicted octanol–water partition coefficient (Wildman–Crippen LogP) is 3.84. The van der Waals surface area contributed by atoms with Gasteiger partial charge in [-0.3, -0.25) is 0 Å². The number of benzene rings is 2. The highest BCUT2D eigenvalue weighted by Gasteiger charge is 2.53. The first-order valence-electron chi connectivity index (χ1n) is 8.94. The number of aromatic nitrogens is 2. The molecule has 1 saturated heterocycles. The summed E-state index contributed by atoms with van der Waals surface area (Å²) in [5.74, 6) is 0. The molecule has 0 amide bonds. The molecule has 132 valence electrons. The van der Waals surface area contributed by atoms with E-state index in [0.29, 0.717) is 0 Å². The minimum absolute atomic E-state index is 0.392. The summed E-state index contributed by atoms with van der Waals surface area (Å²) in [6, 6.07) is 22.3. The molecule has 0 atom stereocenters. The minimum atomic E-state index is -0.467. The minimum Gasteiger partial charge on any atom is -0.398 e. The van der Waals surface area contributed by atoms with Gasteiger partial charge in [0.05, 0.1) is 28.2 Å². The molecule has 1 aliphatic rings. The molecule has 2 heterocycles. The number of hydrogen-bond donors (Lipinski definition) is 0. The Kier molecular flexibility index (Phi) is 4.01. The Labute approximate surface area is 154 Å². The summed E-state index contributed by atoms with van der Waals surface area (Å²) in [5, 5.41) is 4.85. The number of para-hydroxylation sites is 1. The standard InChI is InChI=1S/C21H23BN2O2/c1-20(2)21(3,4)26-22(25-20)19-15-18(16-11-7-5-8-12-16)23-24(19)17-13-9-6-10-14-17/h5-15H,1-4H3. The summed E-state index contributed by atoms with van der Waals surface area (Å²) in [6.07, 6.45) is 0. The first kappa shape index (κ1) is 17.1. The number of nitrogens with zero attached hydrogens (tertiary/aromatic N) is 2. The van der Waals surface area contributed by atoms with Gasteiger partial charge < -0.3 is 9.31 Å². The Bertz CT molecular complexity index is 888. The third-order valence-corrected chi connectivity index (χ3v) is 5.30. The van der Waals surface area contributed by atoms with E-state index < -0.39 is 18.3 Å². The molecule has 3 aromatic rings. The fourth-order valence-electron chi connectivity index (χ4n) is 3.05. The van der Waals surface area contributed by atoms with Crippen LogP contribution in [0, 0.1) is 0 Å². The van der Waals surface area contributed by atoms with E-state index in [1.54, 1.807) is 0 Å². The van der Waals surface area contributed by atoms with Crippen LogP contribution < -0.4 is 5.59 Å². The van der Waals surface area contributed by atoms with Gasteiger partial charge in [-0.1, -0.05) is 48.5 Å². The zero-order chi connectivity index (χ0) is 18.4. The van der Waals surface area contributed by atoms with Crippen molar-refractivity contribution in [1.29, 1.82) is 0 Å². The van der Waals surface area contributed by atoms with Crippen molar-refractivity contribution in [3.05, 3.63) is 66.7 Å². The summed E-state index contributed by atoms with van der Waals surface area (Å²) < 4.78 is 14.5. The monoisotopic (exact) mass is 346 g/mol. The molecule has 4 nitrogen and oxygen atoms in total. The molecule has 0 aliphatic carbocycles. The van der Waals surface area contributed by atoms with Crippen LogP contribution in [0.1, 0.15) is 27.7 Å². The van der Waals surface area contributed by atoms with Gasteiger partial charge in [0, 0.05) is 5.56 Å². The largest absolute Gasteiger partial charge is 0.514 e. The smallest absolute Gasteiger partial charge is 0.398 e. The number of hydrogen-bond acceptors (Lipinski definition) is 3. The van der Waals surface area contributed by atoms with Gasteiger partial charge in [-0.15, -0.1) is 0 Å². The van der Waals surface area contributed by atoms with E-state index in [0.717, 1.165) is 22.5 Å². The Balaban J connectivity index is 1.82. The van der Waals surface area contributed by atoms with Crippen molar-refractivity contribution >= 4 is 12.7 Å². The fourth-order valence-corrected chi connectivity index (χ4v) is 3.05. The molecular formula is C21H23BN2O2. The van der Waals surface area contributed by atoms with E-state index in [-0.39, 0.29) is 0 Å². The van der Waals surface area contributed by atoms with Crippen LogP contribution in [0.2, 0.25) is 0 Å². The van der Waals surface area contributed by atoms with Crippen LogP contribution in [0.4, 0.5) is 0 Å². The van der Waals surface area contributed by atoms with Crippen molar-refractivity contribution in [3.8, 4) is 16.9 Å². The third kappa shape index (κ3) is 2.87. The van der Waals surface area contributed by atoms with Gasteiger partial charge in [0.25, 0.3) is 0 Å². The molecule has 0 radical (unpaired) electrons. The highest BCUT2D eigenvalue weighted by molar-refractivity contribution is 6.61. The number of rotatable bonds is 3. The lowest BCUT2D eigenvalue weighted by Gasteiger charge is -2.32. The summed E-state index contributed by atoms with van der Waals surface area (Å²) in [4.78, 5) is 0. The third-order valence-electron chi connectivity index (χ3n) is 5.30. The van der Waals surface area contributed by atoms with Gasteiger partial charge >= 0.3 is 7.12 Å². The van der Waals surface area contributed by atoms with Crippen LogP contribution >= 0.6 is 0 Å². The zero-order valence-corrected chi connectivity index (χ0v) is 15.6. The second-order valence-electron chi connectivity index (χ2n) is 7.66. The highest BCUT2D eigenvalue weighted by atomic mass is 16.7. The van der Waals surface area contributed by atoms with Crippen molar-refractivity contribution in [2.45, 2.75) is 38.9 Å². The molecule has 1 fully saturated rings. The second kappa shape index (κ2) is 6.11. The topological polar surface area (TPSA) is 36.3 Å². The first-order valence-corrected chi connectivity index (χ1v) is 8.94. The fraction of sp³-hybridized carbons (Fsp3) is 0.286. The van der Waals surface area contributed by atoms with E-state index in [9.17, 15) is 0 Å². The van der Waals surface area contributed by atoms with E-state index in [2.05, 4.69) is 45.9 Å². The Hall–Kier alpha value is -2.37. The molecule has 0 spiro atoms. The lowest BCUT2D eigenvalue weighted by molar-refractivity contribution is 0.00578. The van der Waals surface area contributed by atoms with Crippen molar-refractivity contribution < 1.29 is 9.31 Å². The Morgan fingerprint density at radius 3 is 1.92 bits per heavy atom. The molecule has 4 rings (SSSR count). The Morgan fingerprint density at radius 2 is 1.35 bits per heavy atom. The maximum atomic E-state index is 6.28. The first-order chi connectivity index (χ1) is 12.4. The highest BCUT2D eigenvalue weighted by Crippen LogP contribution is 2.36. The van der Waals surface area contributed by atoms with Gasteiger partial charge in [-0.25, -0.2) is 4.68 Å². The van der Waals surface area contributed by atoms with E-state index in [1.807, 2.05) is 53.2 Å². The van der Waals surface area contributed by atoms with Gasteiger partial charge in [0.15, 0.2) is 0 Å². The normalized spacial score (nSPS) is 18.2. The average Bonchev–Trinajstić information content (AvgIpc) is 3.16. The van der Waals surface area contributed by atoms with Gasteiger partial charge in [-0.2, -0.15) is 5.10 Å². The molecule has 26 heavy (non-hydrogen) atoms. The second-order valence-corrected chi connectivity index (χ2v) is 7.66. The Morgan fingerprint density at radius 1 is 0.808 bits per heavy atom. The molecule has 5 heteroatoms. The van der Waals surface area contributed by atoms with Crippen molar-refractivity contribution in [3.63, 3.8) is 0 Å². The molecule has 1 aromatic heterocycles. The molecule has 0 unspecified atom stereocenters. The predicted molar refractivity (Wildman–Crippen MR) is 105 cm³/mol. The molecule has 1 aliphatic heterocycles. The lowest BCUT2D eigenvalue weighted by atomic mass is 9.84. The summed E-state index contributed by atoms with van der Waals surface area (Å²) in [6.45, 7) is 8.26. The molecule has 0 saturated carbocycles. The van der Waals surface area contributed by atoms with Crippen molar-refractivity contribution in [2.24, 2.45) is 0 Å². The summed E-state index contributed by atoms with van der Waals surface area (Å²) in [7, 11) is -0.467. The summed E-state index contributed by atoms with van der Waals surface area (Å²) >= 11 is 0. The van der Waals surface area contributed by atoms with Crippen molar-refractivity contribution in [2.75, 3.05) is 0 Å². The SMILES string of the molecule is CC1(C)OB(c2cc(-c3ccccc3)nn2-c2ccccc2)OC1(C)C. The van der Waals surface area contributed by atoms with E-state index >= 15 is 0 Å². The molecule has 0 N–H and O–H groups in total. The van der Waals surface area contributed by atoms with Crippen LogP contribution in [-0.4, -0.2) is 28.1 Å². The van der Waals surface area contributed by atoms with Crippen LogP contribution in [0.25, 0.3) is 16.9 Å². The maximum Gasteiger partial charge on any atom is 0.514 e. The van der Waals surface area contributed by atoms with Gasteiger partial charge in [0.2, 0.25) is 0 Å². The molecular weight excluding hydrogens is 323 g/mol. The quantitative estimate of drug-likeness (QED) is 0.676. The molecule has 0 bridgehead atoms. The average molecular weight is 346 g/mol. The van der Waals surface area contributed by atoms with Gasteiger partial charge in [-0.05, 0) is 45.9 Å². The lowest BCUT2D eigenvalue weighted by Crippen LogP contribution is -2.41. The van der Waals surface area contributed by atoms with E-state index in [4.69, 9.17) is 14.4 Å². The van der Waals surface area contributed by atoms with Gasteiger partial charge in [0.1, 0.15) is 0 Å². The van der Waals surface area contributed by atoms with E-state index in [1.165, 1.54) is 0 Å². The van der Waals surface area contributed by atoms with Crippen LogP contribution in [-0.2, 0) is 9.31 Å². The summed E-state index contributed by atoms with van der Waals surface area (Å²) in [5.41, 5.74) is 3.07. The van der Waals surface area contributed by atoms with Crippen LogP contribution in [0.3, 0.4) is 0 Å². The maximum absolute atomic E-state index is 6.28. The van der Waals surface area contributed by atoms with Crippen molar-refractivity contribution in [1.82, 2.24) is 9.78 Å². The van der Waals surface area contributed by atoms with Crippen LogP contribution in [0.15, 0.2) is 66.7 Å². The molecule has 2 aromatic carbocycles.